The molecule has 0 heterocycles. The summed E-state index contributed by atoms with van der Waals surface area (Å²) in [4.78, 5) is 49.2. The van der Waals surface area contributed by atoms with E-state index < -0.39 is 57.6 Å². The summed E-state index contributed by atoms with van der Waals surface area (Å²) in [5.41, 5.74) is 0. The molecule has 11 nitrogen and oxygen atoms in total. The molecule has 0 saturated heterocycles. The predicted molar refractivity (Wildman–Crippen MR) is 180 cm³/mol. The number of carbonyl (C=O) groups excluding carboxylic acids is 2. The van der Waals surface area contributed by atoms with Crippen molar-refractivity contribution in [3.05, 3.63) is 0 Å². The minimum Gasteiger partial charge on any atom is -0.480 e. The first-order chi connectivity index (χ1) is 22.1. The molecule has 0 aliphatic heterocycles. The number of phosphoric acid groups is 1. The van der Waals surface area contributed by atoms with Crippen LogP contribution >= 0.6 is 7.82 Å². The van der Waals surface area contributed by atoms with E-state index in [-0.39, 0.29) is 12.8 Å². The Labute approximate surface area is 278 Å². The van der Waals surface area contributed by atoms with Crippen molar-refractivity contribution < 1.29 is 48.2 Å². The lowest BCUT2D eigenvalue weighted by atomic mass is 10.0. The standard InChI is InChI=1S/C34H66NO10P/c1-3-5-7-9-11-13-15-17-19-21-23-25-32(38)35(31(34(40)41)29-45-46(42,43)44-28-30(37)27-36)33(39)26-24-22-20-18-16-14-12-10-8-6-4-2/h30-31,36-37H,3-29H2,1-2H3,(H,40,41)(H,42,43). The number of hydrogen-bond donors (Lipinski definition) is 4. The van der Waals surface area contributed by atoms with E-state index in [2.05, 4.69) is 18.4 Å². The van der Waals surface area contributed by atoms with Gasteiger partial charge in [-0.05, 0) is 12.8 Å². The third-order valence-electron chi connectivity index (χ3n) is 8.16. The fourth-order valence-electron chi connectivity index (χ4n) is 5.30. The Morgan fingerprint density at radius 2 is 0.935 bits per heavy atom. The molecule has 3 atom stereocenters. The summed E-state index contributed by atoms with van der Waals surface area (Å²) in [5.74, 6) is -2.84. The zero-order chi connectivity index (χ0) is 34.5. The first-order valence-electron chi connectivity index (χ1n) is 18.1. The summed E-state index contributed by atoms with van der Waals surface area (Å²) in [6.45, 7) is 2.01. The molecule has 0 aliphatic carbocycles. The van der Waals surface area contributed by atoms with Crippen LogP contribution in [0.2, 0.25) is 0 Å². The molecule has 0 aromatic heterocycles. The van der Waals surface area contributed by atoms with Gasteiger partial charge < -0.3 is 20.2 Å². The van der Waals surface area contributed by atoms with Gasteiger partial charge >= 0.3 is 13.8 Å². The van der Waals surface area contributed by atoms with Gasteiger partial charge in [-0.15, -0.1) is 0 Å². The van der Waals surface area contributed by atoms with Gasteiger partial charge in [0.05, 0.1) is 19.8 Å². The molecular weight excluding hydrogens is 613 g/mol. The van der Waals surface area contributed by atoms with Crippen LogP contribution in [0, 0.1) is 0 Å². The van der Waals surface area contributed by atoms with Crippen molar-refractivity contribution >= 4 is 25.6 Å². The van der Waals surface area contributed by atoms with E-state index in [1.807, 2.05) is 0 Å². The number of carbonyl (C=O) groups is 3. The molecule has 2 amide bonds. The highest BCUT2D eigenvalue weighted by Gasteiger charge is 2.37. The largest absolute Gasteiger partial charge is 0.480 e. The fraction of sp³-hybridized carbons (Fsp3) is 0.912. The second-order valence-electron chi connectivity index (χ2n) is 12.5. The Bertz CT molecular complexity index is 790. The van der Waals surface area contributed by atoms with Gasteiger partial charge in [0.25, 0.3) is 0 Å². The highest BCUT2D eigenvalue weighted by Crippen LogP contribution is 2.43. The van der Waals surface area contributed by atoms with E-state index in [0.717, 1.165) is 51.4 Å². The van der Waals surface area contributed by atoms with Crippen LogP contribution in [-0.2, 0) is 28.0 Å². The number of hydrogen-bond acceptors (Lipinski definition) is 8. The smallest absolute Gasteiger partial charge is 0.472 e. The van der Waals surface area contributed by atoms with E-state index in [4.69, 9.17) is 9.63 Å². The van der Waals surface area contributed by atoms with Crippen molar-refractivity contribution in [2.24, 2.45) is 0 Å². The van der Waals surface area contributed by atoms with Crippen molar-refractivity contribution in [3.8, 4) is 0 Å². The monoisotopic (exact) mass is 679 g/mol. The topological polar surface area (TPSA) is 171 Å². The fourth-order valence-corrected chi connectivity index (χ4v) is 6.06. The van der Waals surface area contributed by atoms with Crippen LogP contribution in [0.25, 0.3) is 0 Å². The maximum absolute atomic E-state index is 13.2. The summed E-state index contributed by atoms with van der Waals surface area (Å²) in [6.07, 6.45) is 22.4. The van der Waals surface area contributed by atoms with Crippen molar-refractivity contribution in [1.82, 2.24) is 4.90 Å². The highest BCUT2D eigenvalue weighted by molar-refractivity contribution is 7.47. The van der Waals surface area contributed by atoms with Crippen LogP contribution < -0.4 is 0 Å². The lowest BCUT2D eigenvalue weighted by Crippen LogP contribution is -2.50. The lowest BCUT2D eigenvalue weighted by Gasteiger charge is -2.28. The van der Waals surface area contributed by atoms with Crippen molar-refractivity contribution in [3.63, 3.8) is 0 Å². The number of carboxylic acid groups (broad SMARTS) is 1. The molecule has 0 aromatic carbocycles. The average Bonchev–Trinajstić information content (AvgIpc) is 3.02. The molecule has 0 bridgehead atoms. The SMILES string of the molecule is CCCCCCCCCCCCCC(=O)N(C(=O)CCCCCCCCCCCCC)C(COP(=O)(O)OCC(O)CO)C(=O)O. The first kappa shape index (κ1) is 44.6. The van der Waals surface area contributed by atoms with Crippen LogP contribution in [0.5, 0.6) is 0 Å². The van der Waals surface area contributed by atoms with Crippen LogP contribution in [-0.4, -0.2) is 74.9 Å². The third kappa shape index (κ3) is 24.8. The third-order valence-corrected chi connectivity index (χ3v) is 9.11. The van der Waals surface area contributed by atoms with Crippen LogP contribution in [0.3, 0.4) is 0 Å². The molecule has 3 unspecified atom stereocenters. The van der Waals surface area contributed by atoms with Crippen LogP contribution in [0.1, 0.15) is 168 Å². The molecule has 0 aromatic rings. The highest BCUT2D eigenvalue weighted by atomic mass is 31.2. The van der Waals surface area contributed by atoms with E-state index in [1.165, 1.54) is 77.0 Å². The quantitative estimate of drug-likeness (QED) is 0.0398. The molecule has 0 saturated carbocycles. The number of rotatable bonds is 33. The summed E-state index contributed by atoms with van der Waals surface area (Å²) >= 11 is 0. The molecule has 46 heavy (non-hydrogen) atoms. The number of carboxylic acids is 1. The zero-order valence-corrected chi connectivity index (χ0v) is 29.8. The van der Waals surface area contributed by atoms with Gasteiger partial charge in [0, 0.05) is 12.8 Å². The second-order valence-corrected chi connectivity index (χ2v) is 13.9. The molecule has 0 rings (SSSR count). The molecular formula is C34H66NO10P. The maximum Gasteiger partial charge on any atom is 0.472 e. The molecule has 272 valence electrons. The van der Waals surface area contributed by atoms with Crippen molar-refractivity contribution in [1.29, 1.82) is 0 Å². The van der Waals surface area contributed by atoms with Crippen molar-refractivity contribution in [2.75, 3.05) is 19.8 Å². The summed E-state index contributed by atoms with van der Waals surface area (Å²) < 4.78 is 21.6. The Balaban J connectivity index is 4.96. The number of aliphatic hydroxyl groups is 2. The Morgan fingerprint density at radius 3 is 1.26 bits per heavy atom. The van der Waals surface area contributed by atoms with E-state index in [0.29, 0.717) is 17.7 Å². The molecule has 0 aliphatic rings. The van der Waals surface area contributed by atoms with E-state index >= 15 is 0 Å². The van der Waals surface area contributed by atoms with Crippen LogP contribution in [0.15, 0.2) is 0 Å². The van der Waals surface area contributed by atoms with E-state index in [9.17, 15) is 34.1 Å². The van der Waals surface area contributed by atoms with Crippen molar-refractivity contribution in [2.45, 2.75) is 180 Å². The molecule has 12 heteroatoms. The lowest BCUT2D eigenvalue weighted by molar-refractivity contribution is -0.159. The number of imide groups is 1. The first-order valence-corrected chi connectivity index (χ1v) is 19.6. The van der Waals surface area contributed by atoms with E-state index in [1.54, 1.807) is 0 Å². The Kier molecular flexibility index (Phi) is 28.9. The zero-order valence-electron chi connectivity index (χ0n) is 28.9. The van der Waals surface area contributed by atoms with Gasteiger partial charge in [0.1, 0.15) is 6.10 Å². The number of phosphoric ester groups is 1. The van der Waals surface area contributed by atoms with Gasteiger partial charge in [-0.25, -0.2) is 9.36 Å². The molecule has 0 radical (unpaired) electrons. The number of aliphatic hydroxyl groups excluding tert-OH is 2. The molecule has 0 fully saturated rings. The Morgan fingerprint density at radius 1 is 0.609 bits per heavy atom. The summed E-state index contributed by atoms with van der Waals surface area (Å²) in [5, 5.41) is 28.1. The Hall–Kier alpha value is -1.36. The average molecular weight is 680 g/mol. The van der Waals surface area contributed by atoms with Gasteiger partial charge in [-0.2, -0.15) is 0 Å². The summed E-state index contributed by atoms with van der Waals surface area (Å²) in [7, 11) is -4.83. The van der Waals surface area contributed by atoms with Gasteiger partial charge in [0.15, 0.2) is 6.04 Å². The number of unbranched alkanes of at least 4 members (excludes halogenated alkanes) is 20. The molecule has 0 spiro atoms. The summed E-state index contributed by atoms with van der Waals surface area (Å²) in [6, 6.07) is -1.81. The second kappa shape index (κ2) is 29.8. The minimum absolute atomic E-state index is 0.0131. The number of nitrogens with zero attached hydrogens (tertiary/aromatic N) is 1. The number of aliphatic carboxylic acids is 1. The number of amides is 2. The van der Waals surface area contributed by atoms with Gasteiger partial charge in [-0.3, -0.25) is 23.5 Å². The van der Waals surface area contributed by atoms with Gasteiger partial charge in [0.2, 0.25) is 11.8 Å². The molecule has 4 N–H and O–H groups in total. The van der Waals surface area contributed by atoms with Gasteiger partial charge in [-0.1, -0.05) is 142 Å². The normalized spacial score (nSPS) is 14.1. The maximum atomic E-state index is 13.2. The van der Waals surface area contributed by atoms with Crippen LogP contribution in [0.4, 0.5) is 0 Å². The predicted octanol–water partition coefficient (Wildman–Crippen LogP) is 7.68. The minimum atomic E-state index is -4.83.